The van der Waals surface area contributed by atoms with Crippen LogP contribution in [0.1, 0.15) is 18.9 Å². The minimum absolute atomic E-state index is 0.0938. The van der Waals surface area contributed by atoms with Crippen molar-refractivity contribution in [1.29, 1.82) is 0 Å². The molecular formula is C11H15FN2O2. The molecule has 0 bridgehead atoms. The van der Waals surface area contributed by atoms with Gasteiger partial charge in [0.1, 0.15) is 12.4 Å². The van der Waals surface area contributed by atoms with Crippen LogP contribution in [0.2, 0.25) is 0 Å². The van der Waals surface area contributed by atoms with Crippen molar-refractivity contribution < 1.29 is 13.9 Å². The van der Waals surface area contributed by atoms with Gasteiger partial charge in [-0.1, -0.05) is 19.1 Å². The monoisotopic (exact) mass is 226 g/mol. The van der Waals surface area contributed by atoms with Gasteiger partial charge < -0.3 is 4.74 Å². The van der Waals surface area contributed by atoms with Gasteiger partial charge in [-0.05, 0) is 24.1 Å². The van der Waals surface area contributed by atoms with Gasteiger partial charge >= 0.3 is 6.09 Å². The van der Waals surface area contributed by atoms with E-state index in [4.69, 9.17) is 10.6 Å². The molecule has 0 aliphatic carbocycles. The lowest BCUT2D eigenvalue weighted by Gasteiger charge is -2.15. The van der Waals surface area contributed by atoms with E-state index in [9.17, 15) is 9.18 Å². The predicted octanol–water partition coefficient (Wildman–Crippen LogP) is 2.05. The van der Waals surface area contributed by atoms with E-state index < -0.39 is 6.09 Å². The Morgan fingerprint density at radius 3 is 2.62 bits per heavy atom. The Bertz CT molecular complexity index is 340. The second kappa shape index (κ2) is 6.07. The molecule has 0 unspecified atom stereocenters. The molecule has 0 aliphatic rings. The SMILES string of the molecule is CCCN(N)C(=O)OCc1ccc(F)cc1. The third-order valence-corrected chi connectivity index (χ3v) is 1.97. The van der Waals surface area contributed by atoms with Crippen LogP contribution in [-0.2, 0) is 11.3 Å². The highest BCUT2D eigenvalue weighted by molar-refractivity contribution is 5.66. The van der Waals surface area contributed by atoms with Crippen LogP contribution in [0.5, 0.6) is 0 Å². The van der Waals surface area contributed by atoms with Crippen LogP contribution in [0.25, 0.3) is 0 Å². The van der Waals surface area contributed by atoms with Crippen molar-refractivity contribution in [2.75, 3.05) is 6.54 Å². The molecule has 4 nitrogen and oxygen atoms in total. The maximum Gasteiger partial charge on any atom is 0.424 e. The van der Waals surface area contributed by atoms with Crippen LogP contribution in [0.15, 0.2) is 24.3 Å². The van der Waals surface area contributed by atoms with Crippen LogP contribution in [-0.4, -0.2) is 17.6 Å². The number of benzene rings is 1. The van der Waals surface area contributed by atoms with Crippen molar-refractivity contribution in [2.45, 2.75) is 20.0 Å². The van der Waals surface area contributed by atoms with Crippen LogP contribution >= 0.6 is 0 Å². The maximum atomic E-state index is 12.6. The number of carbonyl (C=O) groups excluding carboxylic acids is 1. The van der Waals surface area contributed by atoms with Gasteiger partial charge in [0, 0.05) is 6.54 Å². The van der Waals surface area contributed by atoms with Crippen molar-refractivity contribution in [1.82, 2.24) is 5.01 Å². The van der Waals surface area contributed by atoms with Gasteiger partial charge in [0.05, 0.1) is 0 Å². The van der Waals surface area contributed by atoms with E-state index in [1.54, 1.807) is 12.1 Å². The maximum absolute atomic E-state index is 12.6. The molecule has 16 heavy (non-hydrogen) atoms. The molecule has 1 amide bonds. The number of hydrogen-bond donors (Lipinski definition) is 1. The van der Waals surface area contributed by atoms with Gasteiger partial charge in [-0.3, -0.25) is 0 Å². The smallest absolute Gasteiger partial charge is 0.424 e. The molecular weight excluding hydrogens is 211 g/mol. The van der Waals surface area contributed by atoms with E-state index in [-0.39, 0.29) is 12.4 Å². The molecule has 0 aliphatic heterocycles. The third kappa shape index (κ3) is 3.86. The molecule has 0 aromatic heterocycles. The summed E-state index contributed by atoms with van der Waals surface area (Å²) in [6.45, 7) is 2.45. The fraction of sp³-hybridized carbons (Fsp3) is 0.364. The fourth-order valence-corrected chi connectivity index (χ4v) is 1.14. The zero-order chi connectivity index (χ0) is 12.0. The van der Waals surface area contributed by atoms with Crippen LogP contribution in [0, 0.1) is 5.82 Å². The Hall–Kier alpha value is -1.62. The van der Waals surface area contributed by atoms with Gasteiger partial charge in [0.15, 0.2) is 0 Å². The van der Waals surface area contributed by atoms with Gasteiger partial charge in [-0.2, -0.15) is 0 Å². The second-order valence-corrected chi connectivity index (χ2v) is 3.37. The molecule has 5 heteroatoms. The molecule has 88 valence electrons. The Labute approximate surface area is 93.8 Å². The summed E-state index contributed by atoms with van der Waals surface area (Å²) in [7, 11) is 0. The molecule has 0 atom stereocenters. The van der Waals surface area contributed by atoms with Crippen LogP contribution < -0.4 is 5.84 Å². The molecule has 1 rings (SSSR count). The quantitative estimate of drug-likeness (QED) is 0.485. The van der Waals surface area contributed by atoms with Gasteiger partial charge in [-0.25, -0.2) is 20.0 Å². The lowest BCUT2D eigenvalue weighted by molar-refractivity contribution is 0.0963. The summed E-state index contributed by atoms with van der Waals surface area (Å²) in [6, 6.07) is 5.75. The summed E-state index contributed by atoms with van der Waals surface area (Å²) in [6.07, 6.45) is 0.188. The average molecular weight is 226 g/mol. The van der Waals surface area contributed by atoms with Gasteiger partial charge in [0.2, 0.25) is 0 Å². The highest BCUT2D eigenvalue weighted by Gasteiger charge is 2.09. The molecule has 2 N–H and O–H groups in total. The number of ether oxygens (including phenoxy) is 1. The number of hydrogen-bond acceptors (Lipinski definition) is 3. The summed E-state index contributed by atoms with van der Waals surface area (Å²) in [5, 5.41) is 1.02. The number of hydrazine groups is 1. The van der Waals surface area contributed by atoms with Gasteiger partial charge in [-0.15, -0.1) is 0 Å². The van der Waals surface area contributed by atoms with E-state index in [0.29, 0.717) is 6.54 Å². The van der Waals surface area contributed by atoms with E-state index in [2.05, 4.69) is 0 Å². The normalized spacial score (nSPS) is 9.94. The molecule has 0 spiro atoms. The first-order chi connectivity index (χ1) is 7.63. The number of amides is 1. The molecule has 0 saturated carbocycles. The average Bonchev–Trinajstić information content (AvgIpc) is 2.28. The minimum Gasteiger partial charge on any atom is -0.444 e. The van der Waals surface area contributed by atoms with E-state index >= 15 is 0 Å². The predicted molar refractivity (Wildman–Crippen MR) is 57.8 cm³/mol. The second-order valence-electron chi connectivity index (χ2n) is 3.37. The lowest BCUT2D eigenvalue weighted by Crippen LogP contribution is -2.38. The Morgan fingerprint density at radius 2 is 2.06 bits per heavy atom. The zero-order valence-corrected chi connectivity index (χ0v) is 9.15. The summed E-state index contributed by atoms with van der Waals surface area (Å²) in [5.41, 5.74) is 0.722. The molecule has 0 heterocycles. The summed E-state index contributed by atoms with van der Waals surface area (Å²) < 4.78 is 17.5. The first kappa shape index (κ1) is 12.4. The first-order valence-corrected chi connectivity index (χ1v) is 5.07. The molecule has 1 aromatic carbocycles. The van der Waals surface area contributed by atoms with E-state index in [1.165, 1.54) is 12.1 Å². The van der Waals surface area contributed by atoms with Crippen molar-refractivity contribution in [3.05, 3.63) is 35.6 Å². The Balaban J connectivity index is 2.39. The summed E-state index contributed by atoms with van der Waals surface area (Å²) in [4.78, 5) is 11.3. The highest BCUT2D eigenvalue weighted by Crippen LogP contribution is 2.04. The van der Waals surface area contributed by atoms with E-state index in [0.717, 1.165) is 17.0 Å². The third-order valence-electron chi connectivity index (χ3n) is 1.97. The van der Waals surface area contributed by atoms with Crippen molar-refractivity contribution in [3.63, 3.8) is 0 Å². The molecule has 0 radical (unpaired) electrons. The standard InChI is InChI=1S/C11H15FN2O2/c1-2-7-14(13)11(15)16-8-9-3-5-10(12)6-4-9/h3-6H,2,7-8,13H2,1H3. The van der Waals surface area contributed by atoms with Crippen LogP contribution in [0.4, 0.5) is 9.18 Å². The first-order valence-electron chi connectivity index (χ1n) is 5.07. The molecule has 0 fully saturated rings. The highest BCUT2D eigenvalue weighted by atomic mass is 19.1. The number of nitrogens with two attached hydrogens (primary N) is 1. The topological polar surface area (TPSA) is 55.6 Å². The zero-order valence-electron chi connectivity index (χ0n) is 9.15. The number of carbonyl (C=O) groups is 1. The summed E-state index contributed by atoms with van der Waals surface area (Å²) in [5.74, 6) is 5.10. The lowest BCUT2D eigenvalue weighted by atomic mass is 10.2. The Kier molecular flexibility index (Phi) is 4.72. The number of nitrogens with zero attached hydrogens (tertiary/aromatic N) is 1. The van der Waals surface area contributed by atoms with Crippen LogP contribution in [0.3, 0.4) is 0 Å². The van der Waals surface area contributed by atoms with Gasteiger partial charge in [0.25, 0.3) is 0 Å². The number of rotatable bonds is 4. The van der Waals surface area contributed by atoms with Crippen molar-refractivity contribution >= 4 is 6.09 Å². The number of halogens is 1. The van der Waals surface area contributed by atoms with Crippen molar-refractivity contribution in [3.8, 4) is 0 Å². The Morgan fingerprint density at radius 1 is 1.44 bits per heavy atom. The van der Waals surface area contributed by atoms with E-state index in [1.807, 2.05) is 6.92 Å². The molecule has 0 saturated heterocycles. The fourth-order valence-electron chi connectivity index (χ4n) is 1.14. The molecule has 1 aromatic rings. The minimum atomic E-state index is -0.578. The largest absolute Gasteiger partial charge is 0.444 e. The van der Waals surface area contributed by atoms with Crippen molar-refractivity contribution in [2.24, 2.45) is 5.84 Å². The summed E-state index contributed by atoms with van der Waals surface area (Å²) >= 11 is 0.